The first-order chi connectivity index (χ1) is 9.90. The molecule has 4 heterocycles. The Bertz CT molecular complexity index is 638. The third-order valence-corrected chi connectivity index (χ3v) is 4.29. The third-order valence-electron chi connectivity index (χ3n) is 4.29. The molecule has 0 aromatic carbocycles. The average molecular weight is 266 g/mol. The number of nitrogens with zero attached hydrogens (tertiary/aromatic N) is 2. The Morgan fingerprint density at radius 2 is 2.20 bits per heavy atom. The lowest BCUT2D eigenvalue weighted by atomic mass is 9.89. The van der Waals surface area contributed by atoms with Gasteiger partial charge in [-0.2, -0.15) is 0 Å². The van der Waals surface area contributed by atoms with E-state index in [0.717, 1.165) is 38.3 Å². The van der Waals surface area contributed by atoms with E-state index in [4.69, 9.17) is 0 Å². The molecule has 20 heavy (non-hydrogen) atoms. The largest absolute Gasteiger partial charge is 0.369 e. The maximum atomic E-state index is 4.64. The van der Waals surface area contributed by atoms with Crippen molar-refractivity contribution in [2.75, 3.05) is 18.4 Å². The van der Waals surface area contributed by atoms with Crippen LogP contribution in [0.25, 0.3) is 0 Å². The molecule has 0 aliphatic carbocycles. The minimum absolute atomic E-state index is 0.499. The molecule has 2 aliphatic rings. The molecule has 0 spiro atoms. The Hall–Kier alpha value is -1.94. The Morgan fingerprint density at radius 3 is 3.20 bits per heavy atom. The monoisotopic (exact) mass is 266 g/mol. The van der Waals surface area contributed by atoms with E-state index in [1.807, 2.05) is 12.3 Å². The SMILES string of the molecule is c1cnc2c(c1)CC(c1cnc3c(c1)CCNC3)CN2. The number of fused-ring (bicyclic) bond motifs is 2. The summed E-state index contributed by atoms with van der Waals surface area (Å²) >= 11 is 0. The van der Waals surface area contributed by atoms with Crippen LogP contribution in [0.15, 0.2) is 30.6 Å². The smallest absolute Gasteiger partial charge is 0.129 e. The maximum Gasteiger partial charge on any atom is 0.129 e. The van der Waals surface area contributed by atoms with Gasteiger partial charge in [0.15, 0.2) is 0 Å². The van der Waals surface area contributed by atoms with E-state index >= 15 is 0 Å². The van der Waals surface area contributed by atoms with Crippen molar-refractivity contribution in [3.05, 3.63) is 53.0 Å². The fraction of sp³-hybridized carbons (Fsp3) is 0.375. The minimum Gasteiger partial charge on any atom is -0.369 e. The molecule has 0 amide bonds. The van der Waals surface area contributed by atoms with Gasteiger partial charge in [0.05, 0.1) is 5.69 Å². The Balaban J connectivity index is 1.63. The number of hydrogen-bond acceptors (Lipinski definition) is 4. The van der Waals surface area contributed by atoms with E-state index in [2.05, 4.69) is 38.9 Å². The summed E-state index contributed by atoms with van der Waals surface area (Å²) < 4.78 is 0. The molecular formula is C16H18N4. The van der Waals surface area contributed by atoms with Gasteiger partial charge in [-0.1, -0.05) is 12.1 Å². The highest BCUT2D eigenvalue weighted by Gasteiger charge is 2.22. The highest BCUT2D eigenvalue weighted by atomic mass is 15.0. The molecule has 0 saturated carbocycles. The first-order valence-corrected chi connectivity index (χ1v) is 7.26. The zero-order valence-corrected chi connectivity index (χ0v) is 11.4. The number of nitrogens with one attached hydrogen (secondary N) is 2. The predicted octanol–water partition coefficient (Wildman–Crippen LogP) is 1.87. The third kappa shape index (κ3) is 2.06. The summed E-state index contributed by atoms with van der Waals surface area (Å²) in [5.41, 5.74) is 5.29. The summed E-state index contributed by atoms with van der Waals surface area (Å²) in [4.78, 5) is 9.03. The molecule has 2 aromatic heterocycles. The first kappa shape index (κ1) is 11.9. The second kappa shape index (κ2) is 4.87. The molecule has 4 nitrogen and oxygen atoms in total. The summed E-state index contributed by atoms with van der Waals surface area (Å²) in [6.07, 6.45) is 6.04. The highest BCUT2D eigenvalue weighted by Crippen LogP contribution is 2.29. The molecule has 0 fully saturated rings. The van der Waals surface area contributed by atoms with Gasteiger partial charge in [-0.05, 0) is 42.1 Å². The number of pyridine rings is 2. The summed E-state index contributed by atoms with van der Waals surface area (Å²) in [6, 6.07) is 6.54. The predicted molar refractivity (Wildman–Crippen MR) is 78.8 cm³/mol. The van der Waals surface area contributed by atoms with Crippen LogP contribution in [-0.2, 0) is 19.4 Å². The Kier molecular flexibility index (Phi) is 2.89. The van der Waals surface area contributed by atoms with Gasteiger partial charge in [0, 0.05) is 31.4 Å². The zero-order chi connectivity index (χ0) is 13.4. The second-order valence-electron chi connectivity index (χ2n) is 5.59. The lowest BCUT2D eigenvalue weighted by molar-refractivity contribution is 0.619. The second-order valence-corrected chi connectivity index (χ2v) is 5.59. The maximum absolute atomic E-state index is 4.64. The van der Waals surface area contributed by atoms with Crippen molar-refractivity contribution < 1.29 is 0 Å². The lowest BCUT2D eigenvalue weighted by Crippen LogP contribution is -2.26. The van der Waals surface area contributed by atoms with Crippen molar-refractivity contribution >= 4 is 5.82 Å². The highest BCUT2D eigenvalue weighted by molar-refractivity contribution is 5.48. The van der Waals surface area contributed by atoms with Crippen LogP contribution in [-0.4, -0.2) is 23.1 Å². The molecule has 102 valence electrons. The van der Waals surface area contributed by atoms with E-state index < -0.39 is 0 Å². The molecule has 4 rings (SSSR count). The molecular weight excluding hydrogens is 248 g/mol. The fourth-order valence-corrected chi connectivity index (χ4v) is 3.14. The van der Waals surface area contributed by atoms with Crippen LogP contribution in [0, 0.1) is 0 Å². The van der Waals surface area contributed by atoms with Crippen molar-refractivity contribution in [2.24, 2.45) is 0 Å². The molecule has 2 aliphatic heterocycles. The number of hydrogen-bond donors (Lipinski definition) is 2. The Labute approximate surface area is 118 Å². The van der Waals surface area contributed by atoms with Crippen LogP contribution in [0.5, 0.6) is 0 Å². The topological polar surface area (TPSA) is 49.8 Å². The van der Waals surface area contributed by atoms with Crippen LogP contribution in [0.1, 0.15) is 28.3 Å². The summed E-state index contributed by atoms with van der Waals surface area (Å²) in [5.74, 6) is 1.54. The number of aromatic nitrogens is 2. The van der Waals surface area contributed by atoms with Crippen molar-refractivity contribution in [3.63, 3.8) is 0 Å². The molecule has 4 heteroatoms. The van der Waals surface area contributed by atoms with Crippen molar-refractivity contribution in [1.82, 2.24) is 15.3 Å². The first-order valence-electron chi connectivity index (χ1n) is 7.26. The number of anilines is 1. The molecule has 0 saturated heterocycles. The summed E-state index contributed by atoms with van der Waals surface area (Å²) in [5, 5.41) is 6.81. The van der Waals surface area contributed by atoms with Gasteiger partial charge in [-0.25, -0.2) is 4.98 Å². The lowest BCUT2D eigenvalue weighted by Gasteiger charge is -2.26. The minimum atomic E-state index is 0.499. The van der Waals surface area contributed by atoms with Crippen LogP contribution in [0.4, 0.5) is 5.82 Å². The normalized spacial score (nSPS) is 20.7. The van der Waals surface area contributed by atoms with Gasteiger partial charge in [0.1, 0.15) is 5.82 Å². The fourth-order valence-electron chi connectivity index (χ4n) is 3.14. The molecule has 0 radical (unpaired) electrons. The molecule has 1 atom stereocenters. The van der Waals surface area contributed by atoms with Gasteiger partial charge in [-0.15, -0.1) is 0 Å². The van der Waals surface area contributed by atoms with E-state index in [0.29, 0.717) is 5.92 Å². The standard InChI is InChI=1S/C16H18N4/c1-2-12-7-14(9-20-16(12)18-4-1)13-6-11-3-5-17-10-15(11)19-8-13/h1-2,4,6,8,14,17H,3,5,7,9-10H2,(H,18,20). The van der Waals surface area contributed by atoms with Crippen molar-refractivity contribution in [2.45, 2.75) is 25.3 Å². The molecule has 2 aromatic rings. The number of rotatable bonds is 1. The molecule has 1 unspecified atom stereocenters. The van der Waals surface area contributed by atoms with Gasteiger partial charge < -0.3 is 10.6 Å². The van der Waals surface area contributed by atoms with E-state index in [1.165, 1.54) is 22.4 Å². The summed E-state index contributed by atoms with van der Waals surface area (Å²) in [6.45, 7) is 2.92. The van der Waals surface area contributed by atoms with Gasteiger partial charge in [0.25, 0.3) is 0 Å². The van der Waals surface area contributed by atoms with Crippen LogP contribution < -0.4 is 10.6 Å². The van der Waals surface area contributed by atoms with Crippen molar-refractivity contribution in [1.29, 1.82) is 0 Å². The van der Waals surface area contributed by atoms with Crippen molar-refractivity contribution in [3.8, 4) is 0 Å². The van der Waals surface area contributed by atoms with E-state index in [1.54, 1.807) is 0 Å². The van der Waals surface area contributed by atoms with Gasteiger partial charge in [-0.3, -0.25) is 4.98 Å². The van der Waals surface area contributed by atoms with Crippen LogP contribution in [0.3, 0.4) is 0 Å². The average Bonchev–Trinajstić information content (AvgIpc) is 2.54. The van der Waals surface area contributed by atoms with E-state index in [9.17, 15) is 0 Å². The van der Waals surface area contributed by atoms with E-state index in [-0.39, 0.29) is 0 Å². The summed E-state index contributed by atoms with van der Waals surface area (Å²) in [7, 11) is 0. The van der Waals surface area contributed by atoms with Gasteiger partial charge in [0.2, 0.25) is 0 Å². The molecule has 2 N–H and O–H groups in total. The van der Waals surface area contributed by atoms with Crippen LogP contribution >= 0.6 is 0 Å². The van der Waals surface area contributed by atoms with Gasteiger partial charge >= 0.3 is 0 Å². The zero-order valence-electron chi connectivity index (χ0n) is 11.4. The quantitative estimate of drug-likeness (QED) is 0.827. The molecule has 0 bridgehead atoms. The Morgan fingerprint density at radius 1 is 1.20 bits per heavy atom. The van der Waals surface area contributed by atoms with Crippen LogP contribution in [0.2, 0.25) is 0 Å².